The number of aromatic hydroxyl groups is 2. The Labute approximate surface area is 126 Å². The first kappa shape index (κ1) is 15.4. The Hall–Kier alpha value is -3.02. The maximum Gasteiger partial charge on any atom is 0.342 e. The molecule has 0 atom stereocenters. The van der Waals surface area contributed by atoms with E-state index >= 15 is 0 Å². The van der Waals surface area contributed by atoms with Crippen LogP contribution in [0.3, 0.4) is 0 Å². The molecule has 0 unspecified atom stereocenters. The molecule has 0 spiro atoms. The minimum atomic E-state index is -0.822. The summed E-state index contributed by atoms with van der Waals surface area (Å²) in [5, 5.41) is 19.5. The quantitative estimate of drug-likeness (QED) is 0.664. The van der Waals surface area contributed by atoms with Crippen LogP contribution in [0.25, 0.3) is 0 Å². The number of esters is 2. The zero-order valence-electron chi connectivity index (χ0n) is 11.8. The van der Waals surface area contributed by atoms with Crippen molar-refractivity contribution >= 4 is 11.9 Å². The van der Waals surface area contributed by atoms with Crippen molar-refractivity contribution in [2.24, 2.45) is 0 Å². The molecule has 0 aromatic heterocycles. The van der Waals surface area contributed by atoms with Gasteiger partial charge in [0.25, 0.3) is 0 Å². The fourth-order valence-electron chi connectivity index (χ4n) is 1.81. The number of ether oxygens (including phenoxy) is 2. The number of methoxy groups -OCH3 is 1. The van der Waals surface area contributed by atoms with Crippen molar-refractivity contribution in [1.82, 2.24) is 0 Å². The van der Waals surface area contributed by atoms with Gasteiger partial charge in [-0.3, -0.25) is 0 Å². The maximum absolute atomic E-state index is 11.9. The highest BCUT2D eigenvalue weighted by molar-refractivity contribution is 5.98. The minimum absolute atomic E-state index is 0.0264. The molecule has 6 nitrogen and oxygen atoms in total. The second-order valence-corrected chi connectivity index (χ2v) is 4.44. The number of hydrogen-bond acceptors (Lipinski definition) is 6. The van der Waals surface area contributed by atoms with Gasteiger partial charge in [0, 0.05) is 0 Å². The van der Waals surface area contributed by atoms with E-state index in [-0.39, 0.29) is 17.7 Å². The van der Waals surface area contributed by atoms with Crippen molar-refractivity contribution in [2.75, 3.05) is 7.11 Å². The zero-order valence-corrected chi connectivity index (χ0v) is 11.8. The summed E-state index contributed by atoms with van der Waals surface area (Å²) in [6, 6.07) is 10.9. The number of benzene rings is 2. The van der Waals surface area contributed by atoms with E-state index in [4.69, 9.17) is 4.74 Å². The average molecular weight is 302 g/mol. The van der Waals surface area contributed by atoms with Crippen LogP contribution in [0.1, 0.15) is 26.3 Å². The van der Waals surface area contributed by atoms with Gasteiger partial charge in [0.2, 0.25) is 0 Å². The van der Waals surface area contributed by atoms with Gasteiger partial charge in [-0.2, -0.15) is 0 Å². The van der Waals surface area contributed by atoms with Crippen LogP contribution in [0.4, 0.5) is 0 Å². The molecule has 0 amide bonds. The summed E-state index contributed by atoms with van der Waals surface area (Å²) >= 11 is 0. The van der Waals surface area contributed by atoms with Gasteiger partial charge in [0.05, 0.1) is 7.11 Å². The third kappa shape index (κ3) is 3.35. The van der Waals surface area contributed by atoms with Gasteiger partial charge in [-0.15, -0.1) is 0 Å². The highest BCUT2D eigenvalue weighted by Crippen LogP contribution is 2.28. The van der Waals surface area contributed by atoms with Crippen LogP contribution >= 0.6 is 0 Å². The smallest absolute Gasteiger partial charge is 0.342 e. The first-order valence-electron chi connectivity index (χ1n) is 6.38. The highest BCUT2D eigenvalue weighted by atomic mass is 16.5. The van der Waals surface area contributed by atoms with Gasteiger partial charge in [0.1, 0.15) is 29.2 Å². The van der Waals surface area contributed by atoms with Crippen molar-refractivity contribution < 1.29 is 29.3 Å². The predicted octanol–water partition coefficient (Wildman–Crippen LogP) is 2.24. The van der Waals surface area contributed by atoms with Crippen LogP contribution in [-0.4, -0.2) is 29.3 Å². The Morgan fingerprint density at radius 1 is 0.955 bits per heavy atom. The summed E-state index contributed by atoms with van der Waals surface area (Å²) in [5.74, 6) is -2.59. The van der Waals surface area contributed by atoms with Gasteiger partial charge in [-0.05, 0) is 17.7 Å². The summed E-state index contributed by atoms with van der Waals surface area (Å²) < 4.78 is 9.50. The first-order chi connectivity index (χ1) is 10.5. The molecule has 0 fully saturated rings. The number of hydrogen-bond donors (Lipinski definition) is 2. The Morgan fingerprint density at radius 3 is 2.05 bits per heavy atom. The van der Waals surface area contributed by atoms with Crippen LogP contribution in [0.5, 0.6) is 11.5 Å². The van der Waals surface area contributed by atoms with E-state index in [9.17, 15) is 19.8 Å². The Bertz CT molecular complexity index is 693. The second-order valence-electron chi connectivity index (χ2n) is 4.44. The van der Waals surface area contributed by atoms with Crippen LogP contribution in [-0.2, 0) is 16.1 Å². The molecule has 6 heteroatoms. The van der Waals surface area contributed by atoms with Crippen LogP contribution in [0, 0.1) is 0 Å². The molecule has 0 aliphatic carbocycles. The molecule has 2 N–H and O–H groups in total. The van der Waals surface area contributed by atoms with Gasteiger partial charge in [-0.25, -0.2) is 9.59 Å². The predicted molar refractivity (Wildman–Crippen MR) is 76.7 cm³/mol. The van der Waals surface area contributed by atoms with Crippen LogP contribution < -0.4 is 0 Å². The average Bonchev–Trinajstić information content (AvgIpc) is 2.54. The lowest BCUT2D eigenvalue weighted by atomic mass is 10.1. The lowest BCUT2D eigenvalue weighted by Crippen LogP contribution is -2.08. The number of carbonyl (C=O) groups is 2. The van der Waals surface area contributed by atoms with Crippen molar-refractivity contribution in [1.29, 1.82) is 0 Å². The summed E-state index contributed by atoms with van der Waals surface area (Å²) in [6.45, 7) is 0.0264. The molecule has 0 saturated heterocycles. The van der Waals surface area contributed by atoms with Gasteiger partial charge >= 0.3 is 11.9 Å². The normalized spacial score (nSPS) is 10.0. The maximum atomic E-state index is 11.9. The Morgan fingerprint density at radius 2 is 1.50 bits per heavy atom. The molecule has 0 heterocycles. The lowest BCUT2D eigenvalue weighted by molar-refractivity contribution is 0.0467. The van der Waals surface area contributed by atoms with Gasteiger partial charge < -0.3 is 19.7 Å². The van der Waals surface area contributed by atoms with E-state index in [0.717, 1.165) is 24.8 Å². The van der Waals surface area contributed by atoms with Crippen LogP contribution in [0.2, 0.25) is 0 Å². The largest absolute Gasteiger partial charge is 0.507 e. The first-order valence-corrected chi connectivity index (χ1v) is 6.38. The molecule has 0 aliphatic heterocycles. The highest BCUT2D eigenvalue weighted by Gasteiger charge is 2.20. The molecule has 2 aromatic rings. The number of phenols is 2. The molecule has 0 aliphatic rings. The molecule has 114 valence electrons. The van der Waals surface area contributed by atoms with Crippen molar-refractivity contribution in [3.05, 3.63) is 59.2 Å². The summed E-state index contributed by atoms with van der Waals surface area (Å²) in [6.07, 6.45) is 0. The third-order valence-electron chi connectivity index (χ3n) is 2.95. The Kier molecular flexibility index (Phi) is 4.63. The van der Waals surface area contributed by atoms with Gasteiger partial charge in [-0.1, -0.05) is 30.3 Å². The topological polar surface area (TPSA) is 93.1 Å². The lowest BCUT2D eigenvalue weighted by Gasteiger charge is -2.09. The molecular weight excluding hydrogens is 288 g/mol. The minimum Gasteiger partial charge on any atom is -0.507 e. The summed E-state index contributed by atoms with van der Waals surface area (Å²) in [4.78, 5) is 23.3. The van der Waals surface area contributed by atoms with E-state index < -0.39 is 23.4 Å². The molecular formula is C16H14O6. The van der Waals surface area contributed by atoms with E-state index in [0.29, 0.717) is 0 Å². The fourth-order valence-corrected chi connectivity index (χ4v) is 1.81. The molecule has 22 heavy (non-hydrogen) atoms. The zero-order chi connectivity index (χ0) is 16.1. The van der Waals surface area contributed by atoms with Crippen molar-refractivity contribution in [3.8, 4) is 11.5 Å². The fraction of sp³-hybridized carbons (Fsp3) is 0.125. The SMILES string of the molecule is COC(=O)c1cc(O)c(C(=O)OCc2ccccc2)cc1O. The van der Waals surface area contributed by atoms with Crippen LogP contribution in [0.15, 0.2) is 42.5 Å². The second kappa shape index (κ2) is 6.62. The molecule has 2 rings (SSSR count). The monoisotopic (exact) mass is 302 g/mol. The van der Waals surface area contributed by atoms with Crippen molar-refractivity contribution in [2.45, 2.75) is 6.61 Å². The Balaban J connectivity index is 2.16. The summed E-state index contributed by atoms with van der Waals surface area (Å²) in [7, 11) is 1.14. The molecule has 0 radical (unpaired) electrons. The summed E-state index contributed by atoms with van der Waals surface area (Å²) in [5.41, 5.74) is 0.312. The third-order valence-corrected chi connectivity index (χ3v) is 2.95. The van der Waals surface area contributed by atoms with E-state index in [1.54, 1.807) is 24.3 Å². The number of phenolic OH excluding ortho intramolecular Hbond substituents is 2. The van der Waals surface area contributed by atoms with E-state index in [1.807, 2.05) is 6.07 Å². The van der Waals surface area contributed by atoms with Crippen molar-refractivity contribution in [3.63, 3.8) is 0 Å². The van der Waals surface area contributed by atoms with E-state index in [1.165, 1.54) is 0 Å². The number of rotatable bonds is 4. The van der Waals surface area contributed by atoms with Gasteiger partial charge in [0.15, 0.2) is 0 Å². The van der Waals surface area contributed by atoms with E-state index in [2.05, 4.69) is 4.74 Å². The molecule has 0 bridgehead atoms. The number of carbonyl (C=O) groups excluding carboxylic acids is 2. The molecule has 2 aromatic carbocycles. The molecule has 0 saturated carbocycles. The standard InChI is InChI=1S/C16H14O6/c1-21-15(19)11-7-14(18)12(8-13(11)17)16(20)22-9-10-5-3-2-4-6-10/h2-8,17-18H,9H2,1H3.